The Bertz CT molecular complexity index is 528. The van der Waals surface area contributed by atoms with Crippen LogP contribution >= 0.6 is 15.9 Å². The summed E-state index contributed by atoms with van der Waals surface area (Å²) >= 11 is 3.54. The van der Waals surface area contributed by atoms with Crippen LogP contribution in [0.1, 0.15) is 38.7 Å². The van der Waals surface area contributed by atoms with E-state index < -0.39 is 8.07 Å². The molecule has 114 valence electrons. The van der Waals surface area contributed by atoms with E-state index >= 15 is 0 Å². The summed E-state index contributed by atoms with van der Waals surface area (Å²) in [6, 6.07) is 12.0. The molecule has 0 aromatic heterocycles. The molecule has 2 unspecified atom stereocenters. The minimum atomic E-state index is -2.05. The van der Waals surface area contributed by atoms with E-state index in [1.807, 2.05) is 30.3 Å². The summed E-state index contributed by atoms with van der Waals surface area (Å²) in [7, 11) is -2.05. The van der Waals surface area contributed by atoms with Crippen LogP contribution in [0.4, 0.5) is 0 Å². The molecule has 1 rings (SSSR count). The number of hydrogen-bond donors (Lipinski definition) is 0. The molecule has 1 aromatic rings. The molecular formula is C17H24BrNOSi. The second kappa shape index (κ2) is 6.89. The van der Waals surface area contributed by atoms with Crippen molar-refractivity contribution in [1.82, 2.24) is 0 Å². The van der Waals surface area contributed by atoms with Crippen LogP contribution in [0, 0.1) is 11.3 Å². The molecule has 0 heterocycles. The summed E-state index contributed by atoms with van der Waals surface area (Å²) in [6.45, 7) is 10.6. The number of rotatable bonds is 5. The van der Waals surface area contributed by atoms with Crippen LogP contribution in [0.5, 0.6) is 0 Å². The largest absolute Gasteiger partial charge is 0.304 e. The first-order valence-corrected chi connectivity index (χ1v) is 11.2. The van der Waals surface area contributed by atoms with Crippen molar-refractivity contribution in [2.45, 2.75) is 56.1 Å². The van der Waals surface area contributed by atoms with Gasteiger partial charge in [0.25, 0.3) is 0 Å². The van der Waals surface area contributed by atoms with Crippen LogP contribution in [-0.4, -0.2) is 18.3 Å². The standard InChI is InChI=1S/C17H24BrNOSi/c1-17(2,3)21(4,5)16(20)15(18)11-14(12-19)13-9-7-6-8-10-13/h6-10,14-15H,11H2,1-5H3. The zero-order valence-electron chi connectivity index (χ0n) is 13.5. The predicted molar refractivity (Wildman–Crippen MR) is 94.3 cm³/mol. The van der Waals surface area contributed by atoms with Gasteiger partial charge < -0.3 is 4.79 Å². The van der Waals surface area contributed by atoms with E-state index in [1.54, 1.807) is 0 Å². The summed E-state index contributed by atoms with van der Waals surface area (Å²) in [5, 5.41) is 9.72. The predicted octanol–water partition coefficient (Wildman–Crippen LogP) is 5.06. The summed E-state index contributed by atoms with van der Waals surface area (Å²) in [5.41, 5.74) is 0.979. The summed E-state index contributed by atoms with van der Waals surface area (Å²) in [6.07, 6.45) is 0.534. The molecule has 0 saturated carbocycles. The van der Waals surface area contributed by atoms with Gasteiger partial charge in [-0.2, -0.15) is 5.26 Å². The number of alkyl halides is 1. The lowest BCUT2D eigenvalue weighted by molar-refractivity contribution is -0.112. The molecule has 0 aliphatic rings. The topological polar surface area (TPSA) is 40.9 Å². The van der Waals surface area contributed by atoms with Crippen LogP contribution in [0.15, 0.2) is 30.3 Å². The molecule has 2 atom stereocenters. The molecule has 0 fully saturated rings. The van der Waals surface area contributed by atoms with Crippen LogP contribution in [-0.2, 0) is 4.79 Å². The van der Waals surface area contributed by atoms with Crippen LogP contribution < -0.4 is 0 Å². The Kier molecular flexibility index (Phi) is 5.95. The number of nitrogens with zero attached hydrogens (tertiary/aromatic N) is 1. The van der Waals surface area contributed by atoms with Gasteiger partial charge >= 0.3 is 0 Å². The second-order valence-corrected chi connectivity index (χ2v) is 13.4. The van der Waals surface area contributed by atoms with Crippen molar-refractivity contribution in [2.24, 2.45) is 0 Å². The third-order valence-electron chi connectivity index (χ3n) is 4.58. The van der Waals surface area contributed by atoms with Crippen LogP contribution in [0.2, 0.25) is 18.1 Å². The molecular weight excluding hydrogens is 342 g/mol. The quantitative estimate of drug-likeness (QED) is 0.540. The number of carbonyl (C=O) groups excluding carboxylic acids is 1. The average Bonchev–Trinajstić information content (AvgIpc) is 2.43. The van der Waals surface area contributed by atoms with Crippen molar-refractivity contribution in [3.05, 3.63) is 35.9 Å². The van der Waals surface area contributed by atoms with Crippen molar-refractivity contribution in [2.75, 3.05) is 0 Å². The van der Waals surface area contributed by atoms with E-state index in [-0.39, 0.29) is 15.8 Å². The third-order valence-corrected chi connectivity index (χ3v) is 11.1. The maximum absolute atomic E-state index is 12.8. The fraction of sp³-hybridized carbons (Fsp3) is 0.529. The third kappa shape index (κ3) is 4.27. The molecule has 0 bridgehead atoms. The highest BCUT2D eigenvalue weighted by Gasteiger charge is 2.44. The maximum Gasteiger partial charge on any atom is 0.133 e. The van der Waals surface area contributed by atoms with Gasteiger partial charge in [-0.25, -0.2) is 0 Å². The van der Waals surface area contributed by atoms with Crippen LogP contribution in [0.25, 0.3) is 0 Å². The lowest BCUT2D eigenvalue weighted by Crippen LogP contribution is -2.50. The summed E-state index contributed by atoms with van der Waals surface area (Å²) in [4.78, 5) is 12.6. The first-order chi connectivity index (χ1) is 9.61. The molecule has 0 aliphatic carbocycles. The fourth-order valence-electron chi connectivity index (χ4n) is 2.02. The number of benzene rings is 1. The van der Waals surface area contributed by atoms with Gasteiger partial charge in [0.1, 0.15) is 13.5 Å². The van der Waals surface area contributed by atoms with E-state index in [2.05, 4.69) is 55.9 Å². The van der Waals surface area contributed by atoms with E-state index in [4.69, 9.17) is 0 Å². The van der Waals surface area contributed by atoms with Crippen molar-refractivity contribution in [3.8, 4) is 6.07 Å². The Balaban J connectivity index is 2.88. The highest BCUT2D eigenvalue weighted by atomic mass is 79.9. The molecule has 0 amide bonds. The first-order valence-electron chi connectivity index (χ1n) is 7.24. The monoisotopic (exact) mass is 365 g/mol. The molecule has 21 heavy (non-hydrogen) atoms. The normalized spacial score (nSPS) is 15.1. The minimum absolute atomic E-state index is 0.0188. The van der Waals surface area contributed by atoms with Crippen molar-refractivity contribution in [1.29, 1.82) is 5.26 Å². The molecule has 0 saturated heterocycles. The molecule has 0 radical (unpaired) electrons. The molecule has 0 N–H and O–H groups in total. The van der Waals surface area contributed by atoms with Gasteiger partial charge in [0.2, 0.25) is 0 Å². The first kappa shape index (κ1) is 18.1. The Morgan fingerprint density at radius 2 is 1.81 bits per heavy atom. The van der Waals surface area contributed by atoms with Gasteiger partial charge in [-0.15, -0.1) is 0 Å². The lowest BCUT2D eigenvalue weighted by Gasteiger charge is -2.36. The van der Waals surface area contributed by atoms with Gasteiger partial charge in [0.15, 0.2) is 0 Å². The smallest absolute Gasteiger partial charge is 0.133 e. The molecule has 0 aliphatic heterocycles. The second-order valence-electron chi connectivity index (χ2n) is 7.03. The van der Waals surface area contributed by atoms with Crippen LogP contribution in [0.3, 0.4) is 0 Å². The van der Waals surface area contributed by atoms with Gasteiger partial charge in [-0.3, -0.25) is 0 Å². The van der Waals surface area contributed by atoms with E-state index in [1.165, 1.54) is 0 Å². The zero-order chi connectivity index (χ0) is 16.3. The minimum Gasteiger partial charge on any atom is -0.304 e. The SMILES string of the molecule is CC(C)(C)[Si](C)(C)C(=O)C(Br)CC(C#N)c1ccccc1. The van der Waals surface area contributed by atoms with Crippen molar-refractivity contribution in [3.63, 3.8) is 0 Å². The Hall–Kier alpha value is -0.923. The average molecular weight is 366 g/mol. The van der Waals surface area contributed by atoms with E-state index in [9.17, 15) is 10.1 Å². The number of carbonyl (C=O) groups is 1. The van der Waals surface area contributed by atoms with Gasteiger partial charge in [-0.1, -0.05) is 80.1 Å². The Morgan fingerprint density at radius 1 is 1.29 bits per heavy atom. The molecule has 1 aromatic carbocycles. The van der Waals surface area contributed by atoms with Crippen molar-refractivity contribution < 1.29 is 4.79 Å². The Morgan fingerprint density at radius 3 is 2.24 bits per heavy atom. The lowest BCUT2D eigenvalue weighted by atomic mass is 9.96. The van der Waals surface area contributed by atoms with Gasteiger partial charge in [-0.05, 0) is 17.0 Å². The Labute approximate surface area is 137 Å². The summed E-state index contributed by atoms with van der Waals surface area (Å²) in [5.74, 6) is -0.246. The molecule has 2 nitrogen and oxygen atoms in total. The summed E-state index contributed by atoms with van der Waals surface area (Å²) < 4.78 is 0. The van der Waals surface area contributed by atoms with E-state index in [0.29, 0.717) is 11.8 Å². The van der Waals surface area contributed by atoms with Gasteiger partial charge in [0, 0.05) is 0 Å². The van der Waals surface area contributed by atoms with E-state index in [0.717, 1.165) is 5.56 Å². The molecule has 0 spiro atoms. The number of hydrogen-bond acceptors (Lipinski definition) is 2. The number of nitriles is 1. The zero-order valence-corrected chi connectivity index (χ0v) is 16.1. The van der Waals surface area contributed by atoms with Crippen molar-refractivity contribution >= 4 is 29.4 Å². The molecule has 4 heteroatoms. The highest BCUT2D eigenvalue weighted by Crippen LogP contribution is 2.39. The fourth-order valence-corrected chi connectivity index (χ4v) is 5.75. The van der Waals surface area contributed by atoms with Gasteiger partial charge in [0.05, 0.1) is 16.8 Å². The highest BCUT2D eigenvalue weighted by molar-refractivity contribution is 9.10. The maximum atomic E-state index is 12.8. The number of halogens is 1.